The van der Waals surface area contributed by atoms with Gasteiger partial charge in [0.05, 0.1) is 12.8 Å². The van der Waals surface area contributed by atoms with Crippen LogP contribution < -0.4 is 15.5 Å². The number of aromatic amines is 1. The van der Waals surface area contributed by atoms with Gasteiger partial charge in [-0.05, 0) is 36.2 Å². The van der Waals surface area contributed by atoms with Crippen molar-refractivity contribution in [3.8, 4) is 5.75 Å². The van der Waals surface area contributed by atoms with Crippen molar-refractivity contribution in [2.24, 2.45) is 5.10 Å². The van der Waals surface area contributed by atoms with Crippen molar-refractivity contribution >= 4 is 35.1 Å². The number of H-pyrrole nitrogens is 1. The lowest BCUT2D eigenvalue weighted by Crippen LogP contribution is -2.47. The molecule has 0 radical (unpaired) electrons. The second-order valence-electron chi connectivity index (χ2n) is 6.97. The van der Waals surface area contributed by atoms with Crippen molar-refractivity contribution in [1.82, 2.24) is 15.7 Å². The molecule has 172 valence electrons. The molecule has 10 nitrogen and oxygen atoms in total. The number of fused-ring (bicyclic) bond motifs is 1. The minimum Gasteiger partial charge on any atom is -0.482 e. The van der Waals surface area contributed by atoms with E-state index in [0.29, 0.717) is 11.3 Å². The molecule has 0 aliphatic rings. The first-order valence-corrected chi connectivity index (χ1v) is 10.2. The monoisotopic (exact) mass is 452 g/mol. The average molecular weight is 452 g/mol. The Morgan fingerprint density at radius 3 is 2.79 bits per heavy atom. The molecule has 0 saturated heterocycles. The maximum absolute atomic E-state index is 12.8. The third-order valence-electron chi connectivity index (χ3n) is 4.59. The molecule has 2 aromatic carbocycles. The van der Waals surface area contributed by atoms with Crippen LogP contribution >= 0.6 is 0 Å². The quantitative estimate of drug-likeness (QED) is 0.275. The summed E-state index contributed by atoms with van der Waals surface area (Å²) in [5.41, 5.74) is 4.79. The highest BCUT2D eigenvalue weighted by Crippen LogP contribution is 2.19. The highest BCUT2D eigenvalue weighted by Gasteiger charge is 2.23. The van der Waals surface area contributed by atoms with Gasteiger partial charge in [0.1, 0.15) is 11.8 Å². The van der Waals surface area contributed by atoms with E-state index in [1.54, 1.807) is 37.4 Å². The Morgan fingerprint density at radius 1 is 1.18 bits per heavy atom. The number of carbonyl (C=O) groups excluding carboxylic acids is 2. The topological polar surface area (TPSA) is 142 Å². The highest BCUT2D eigenvalue weighted by atomic mass is 16.5. The van der Waals surface area contributed by atoms with E-state index in [-0.39, 0.29) is 13.0 Å². The number of nitrogens with zero attached hydrogens (tertiary/aromatic N) is 1. The molecule has 3 rings (SSSR count). The van der Waals surface area contributed by atoms with Crippen LogP contribution in [0.15, 0.2) is 59.8 Å². The summed E-state index contributed by atoms with van der Waals surface area (Å²) in [5.74, 6) is -1.26. The summed E-state index contributed by atoms with van der Waals surface area (Å²) >= 11 is 0. The Hall–Kier alpha value is -4.34. The maximum atomic E-state index is 12.8. The van der Waals surface area contributed by atoms with E-state index in [1.807, 2.05) is 24.3 Å². The van der Waals surface area contributed by atoms with Crippen molar-refractivity contribution in [3.05, 3.63) is 65.9 Å². The zero-order chi connectivity index (χ0) is 23.6. The summed E-state index contributed by atoms with van der Waals surface area (Å²) < 4.78 is 10.0. The molecule has 0 spiro atoms. The Balaban J connectivity index is 1.69. The van der Waals surface area contributed by atoms with Gasteiger partial charge >= 0.3 is 12.1 Å². The van der Waals surface area contributed by atoms with E-state index in [4.69, 9.17) is 14.6 Å². The Morgan fingerprint density at radius 2 is 2.00 bits per heavy atom. The van der Waals surface area contributed by atoms with Crippen LogP contribution in [0, 0.1) is 0 Å². The van der Waals surface area contributed by atoms with Gasteiger partial charge in [-0.15, -0.1) is 0 Å². The molecule has 4 N–H and O–H groups in total. The number of carbonyl (C=O) groups is 3. The molecule has 0 unspecified atom stereocenters. The SMILES string of the molecule is CCOC(=O)N[C@H](Cc1c[nH]c2ccccc12)C(=O)N/N=C\c1cccc(OCC(=O)O)c1. The Labute approximate surface area is 189 Å². The van der Waals surface area contributed by atoms with Crippen LogP contribution in [-0.4, -0.2) is 53.5 Å². The van der Waals surface area contributed by atoms with Crippen molar-refractivity contribution < 1.29 is 29.0 Å². The van der Waals surface area contributed by atoms with Gasteiger partial charge in [0.25, 0.3) is 5.91 Å². The van der Waals surface area contributed by atoms with Gasteiger partial charge in [-0.1, -0.05) is 30.3 Å². The number of hydrogen-bond acceptors (Lipinski definition) is 6. The molecular formula is C23H24N4O6. The largest absolute Gasteiger partial charge is 0.482 e. The summed E-state index contributed by atoms with van der Waals surface area (Å²) in [6.45, 7) is 1.38. The van der Waals surface area contributed by atoms with E-state index in [0.717, 1.165) is 16.5 Å². The smallest absolute Gasteiger partial charge is 0.407 e. The number of rotatable bonds is 10. The van der Waals surface area contributed by atoms with Gasteiger partial charge in [-0.2, -0.15) is 5.10 Å². The third-order valence-corrected chi connectivity index (χ3v) is 4.59. The lowest BCUT2D eigenvalue weighted by Gasteiger charge is -2.16. The molecule has 0 bridgehead atoms. The number of carboxylic acid groups (broad SMARTS) is 1. The van der Waals surface area contributed by atoms with E-state index >= 15 is 0 Å². The number of nitrogens with one attached hydrogen (secondary N) is 3. The van der Waals surface area contributed by atoms with Gasteiger partial charge in [-0.3, -0.25) is 4.79 Å². The first-order valence-electron chi connectivity index (χ1n) is 10.2. The summed E-state index contributed by atoms with van der Waals surface area (Å²) in [6.07, 6.45) is 2.70. The highest BCUT2D eigenvalue weighted by molar-refractivity contribution is 5.89. The molecule has 0 saturated carbocycles. The van der Waals surface area contributed by atoms with Crippen molar-refractivity contribution in [1.29, 1.82) is 0 Å². The first kappa shape index (κ1) is 23.3. The number of para-hydroxylation sites is 1. The molecule has 0 aliphatic carbocycles. The maximum Gasteiger partial charge on any atom is 0.407 e. The van der Waals surface area contributed by atoms with Crippen LogP contribution in [0.4, 0.5) is 4.79 Å². The van der Waals surface area contributed by atoms with Crippen LogP contribution in [-0.2, 0) is 20.7 Å². The Bertz CT molecular complexity index is 1160. The molecular weight excluding hydrogens is 428 g/mol. The second kappa shape index (κ2) is 11.3. The van der Waals surface area contributed by atoms with Crippen LogP contribution in [0.25, 0.3) is 10.9 Å². The van der Waals surface area contributed by atoms with Gasteiger partial charge in [0.2, 0.25) is 0 Å². The zero-order valence-corrected chi connectivity index (χ0v) is 17.9. The standard InChI is InChI=1S/C23H24N4O6/c1-2-32-23(31)26-20(11-16-13-24-19-9-4-3-8-18(16)19)22(30)27-25-12-15-6-5-7-17(10-15)33-14-21(28)29/h3-10,12-13,20,24H,2,11,14H2,1H3,(H,26,31)(H,27,30)(H,28,29)/b25-12-/t20-/m1/s1. The lowest BCUT2D eigenvalue weighted by atomic mass is 10.0. The van der Waals surface area contributed by atoms with Crippen molar-refractivity contribution in [3.63, 3.8) is 0 Å². The van der Waals surface area contributed by atoms with Gasteiger partial charge in [0.15, 0.2) is 6.61 Å². The van der Waals surface area contributed by atoms with Crippen molar-refractivity contribution in [2.45, 2.75) is 19.4 Å². The second-order valence-corrected chi connectivity index (χ2v) is 6.97. The predicted octanol–water partition coefficient (Wildman–Crippen LogP) is 2.44. The van der Waals surface area contributed by atoms with E-state index < -0.39 is 30.6 Å². The minimum atomic E-state index is -1.09. The fraction of sp³-hybridized carbons (Fsp3) is 0.217. The van der Waals surface area contributed by atoms with E-state index in [1.165, 1.54) is 6.21 Å². The van der Waals surface area contributed by atoms with Crippen molar-refractivity contribution in [2.75, 3.05) is 13.2 Å². The zero-order valence-electron chi connectivity index (χ0n) is 17.9. The minimum absolute atomic E-state index is 0.172. The van der Waals surface area contributed by atoms with Crippen LogP contribution in [0.5, 0.6) is 5.75 Å². The lowest BCUT2D eigenvalue weighted by molar-refractivity contribution is -0.139. The molecule has 33 heavy (non-hydrogen) atoms. The van der Waals surface area contributed by atoms with E-state index in [2.05, 4.69) is 20.8 Å². The molecule has 2 amide bonds. The van der Waals surface area contributed by atoms with Crippen LogP contribution in [0.2, 0.25) is 0 Å². The first-order chi connectivity index (χ1) is 16.0. The third kappa shape index (κ3) is 6.82. The number of hydrogen-bond donors (Lipinski definition) is 4. The number of hydrazone groups is 1. The molecule has 1 aromatic heterocycles. The molecule has 1 atom stereocenters. The van der Waals surface area contributed by atoms with E-state index in [9.17, 15) is 14.4 Å². The molecule has 10 heteroatoms. The fourth-order valence-electron chi connectivity index (χ4n) is 3.12. The molecule has 0 aliphatic heterocycles. The number of alkyl carbamates (subject to hydrolysis) is 1. The predicted molar refractivity (Wildman–Crippen MR) is 121 cm³/mol. The molecule has 3 aromatic rings. The van der Waals surface area contributed by atoms with Gasteiger partial charge in [0, 0.05) is 23.5 Å². The number of amides is 2. The van der Waals surface area contributed by atoms with Gasteiger partial charge in [-0.25, -0.2) is 15.0 Å². The number of aromatic nitrogens is 1. The summed E-state index contributed by atoms with van der Waals surface area (Å²) in [5, 5.41) is 16.2. The number of benzene rings is 2. The molecule has 0 fully saturated rings. The summed E-state index contributed by atoms with van der Waals surface area (Å²) in [4.78, 5) is 38.5. The normalized spacial score (nSPS) is 11.8. The number of ether oxygens (including phenoxy) is 2. The van der Waals surface area contributed by atoms with Gasteiger partial charge < -0.3 is 24.9 Å². The van der Waals surface area contributed by atoms with Crippen LogP contribution in [0.1, 0.15) is 18.1 Å². The number of carboxylic acids is 1. The average Bonchev–Trinajstić information content (AvgIpc) is 3.20. The Kier molecular flexibility index (Phi) is 8.01. The number of aliphatic carboxylic acids is 1. The van der Waals surface area contributed by atoms with Crippen LogP contribution in [0.3, 0.4) is 0 Å². The fourth-order valence-corrected chi connectivity index (χ4v) is 3.12. The molecule has 1 heterocycles. The summed E-state index contributed by atoms with van der Waals surface area (Å²) in [6, 6.07) is 13.3. The summed E-state index contributed by atoms with van der Waals surface area (Å²) in [7, 11) is 0.